The Labute approximate surface area is 214 Å². The smallest absolute Gasteiger partial charge is 0.161 e. The van der Waals surface area contributed by atoms with Crippen LogP contribution in [0.5, 0.6) is 11.5 Å². The Kier molecular flexibility index (Phi) is 9.38. The lowest BCUT2D eigenvalue weighted by Crippen LogP contribution is -1.99. The summed E-state index contributed by atoms with van der Waals surface area (Å²) >= 11 is 0. The fourth-order valence-corrected chi connectivity index (χ4v) is 4.11. The molecule has 0 unspecified atom stereocenters. The molecule has 36 heavy (non-hydrogen) atoms. The predicted molar refractivity (Wildman–Crippen MR) is 152 cm³/mol. The largest absolute Gasteiger partial charge is 0.493 e. The number of hydrogen-bond donors (Lipinski definition) is 1. The fourth-order valence-electron chi connectivity index (χ4n) is 4.11. The van der Waals surface area contributed by atoms with E-state index >= 15 is 0 Å². The van der Waals surface area contributed by atoms with E-state index in [4.69, 9.17) is 9.47 Å². The van der Waals surface area contributed by atoms with Crippen molar-refractivity contribution in [3.63, 3.8) is 0 Å². The molecule has 0 aliphatic carbocycles. The molecule has 1 heterocycles. The Morgan fingerprint density at radius 3 is 2.14 bits per heavy atom. The summed E-state index contributed by atoms with van der Waals surface area (Å²) in [6, 6.07) is 22.6. The third-order valence-corrected chi connectivity index (χ3v) is 6.19. The highest BCUT2D eigenvalue weighted by Gasteiger charge is 2.05. The summed E-state index contributed by atoms with van der Waals surface area (Å²) in [6.07, 6.45) is 15.8. The summed E-state index contributed by atoms with van der Waals surface area (Å²) < 4.78 is 11.5. The topological polar surface area (TPSA) is 47.1 Å². The second-order valence-corrected chi connectivity index (χ2v) is 9.00. The highest BCUT2D eigenvalue weighted by Crippen LogP contribution is 2.29. The van der Waals surface area contributed by atoms with Gasteiger partial charge in [0.2, 0.25) is 0 Å². The van der Waals surface area contributed by atoms with Crippen molar-refractivity contribution in [1.29, 1.82) is 0 Å². The minimum absolute atomic E-state index is 0.731. The van der Waals surface area contributed by atoms with Gasteiger partial charge in [-0.3, -0.25) is 0 Å². The van der Waals surface area contributed by atoms with Crippen molar-refractivity contribution in [1.82, 2.24) is 9.97 Å². The molecule has 1 N–H and O–H groups in total. The number of fused-ring (bicyclic) bond motifs is 1. The van der Waals surface area contributed by atoms with Gasteiger partial charge < -0.3 is 14.5 Å². The lowest BCUT2D eigenvalue weighted by Gasteiger charge is -2.11. The van der Waals surface area contributed by atoms with Gasteiger partial charge in [-0.15, -0.1) is 0 Å². The lowest BCUT2D eigenvalue weighted by molar-refractivity contribution is 0.284. The number of ether oxygens (including phenoxy) is 2. The maximum Gasteiger partial charge on any atom is 0.161 e. The average Bonchev–Trinajstić information content (AvgIpc) is 3.34. The van der Waals surface area contributed by atoms with Crippen LogP contribution in [-0.4, -0.2) is 23.7 Å². The Morgan fingerprint density at radius 2 is 1.39 bits per heavy atom. The Hall–Kier alpha value is -3.79. The lowest BCUT2D eigenvalue weighted by atomic mass is 10.1. The Morgan fingerprint density at radius 1 is 0.722 bits per heavy atom. The first kappa shape index (κ1) is 25.3. The van der Waals surface area contributed by atoms with Gasteiger partial charge in [0, 0.05) is 0 Å². The van der Waals surface area contributed by atoms with Gasteiger partial charge in [0.1, 0.15) is 5.82 Å². The molecule has 0 aliphatic rings. The highest BCUT2D eigenvalue weighted by molar-refractivity contribution is 5.79. The quantitative estimate of drug-likeness (QED) is 0.154. The molecule has 186 valence electrons. The van der Waals surface area contributed by atoms with Gasteiger partial charge in [0.15, 0.2) is 11.5 Å². The van der Waals surface area contributed by atoms with Crippen molar-refractivity contribution in [2.24, 2.45) is 0 Å². The number of benzene rings is 3. The zero-order valence-electron chi connectivity index (χ0n) is 21.4. The second kappa shape index (κ2) is 13.3. The van der Waals surface area contributed by atoms with Gasteiger partial charge >= 0.3 is 0 Å². The molecule has 0 fully saturated rings. The third kappa shape index (κ3) is 7.35. The van der Waals surface area contributed by atoms with Crippen molar-refractivity contribution in [2.45, 2.75) is 45.4 Å². The molecule has 4 aromatic rings. The number of aromatic nitrogens is 2. The maximum atomic E-state index is 5.98. The van der Waals surface area contributed by atoms with E-state index in [0.29, 0.717) is 0 Å². The second-order valence-electron chi connectivity index (χ2n) is 9.00. The fraction of sp³-hybridized carbons (Fsp3) is 0.281. The first-order valence-electron chi connectivity index (χ1n) is 13.0. The summed E-state index contributed by atoms with van der Waals surface area (Å²) in [5, 5.41) is 0. The number of unbranched alkanes of at least 4 members (excludes halogenated alkanes) is 5. The van der Waals surface area contributed by atoms with E-state index in [1.54, 1.807) is 7.11 Å². The number of aromatic amines is 1. The van der Waals surface area contributed by atoms with Crippen LogP contribution < -0.4 is 9.47 Å². The Balaban J connectivity index is 1.30. The molecule has 0 atom stereocenters. The Bertz CT molecular complexity index is 1250. The zero-order chi connectivity index (χ0) is 25.0. The molecule has 0 amide bonds. The molecule has 4 nitrogen and oxygen atoms in total. The summed E-state index contributed by atoms with van der Waals surface area (Å²) in [5.41, 5.74) is 5.37. The number of imidazole rings is 1. The van der Waals surface area contributed by atoms with E-state index in [1.165, 1.54) is 32.1 Å². The van der Waals surface area contributed by atoms with Crippen LogP contribution in [-0.2, 0) is 0 Å². The highest BCUT2D eigenvalue weighted by atomic mass is 16.5. The predicted octanol–water partition coefficient (Wildman–Crippen LogP) is 8.65. The van der Waals surface area contributed by atoms with E-state index in [2.05, 4.69) is 65.5 Å². The molecule has 0 saturated heterocycles. The number of nitrogens with zero attached hydrogens (tertiary/aromatic N) is 1. The van der Waals surface area contributed by atoms with Crippen molar-refractivity contribution in [3.8, 4) is 11.5 Å². The van der Waals surface area contributed by atoms with Crippen LogP contribution in [0.15, 0.2) is 66.7 Å². The van der Waals surface area contributed by atoms with Crippen LogP contribution >= 0.6 is 0 Å². The molecule has 0 aliphatic heterocycles. The van der Waals surface area contributed by atoms with E-state index in [9.17, 15) is 0 Å². The molecule has 3 aromatic carbocycles. The number of H-pyrrole nitrogens is 1. The van der Waals surface area contributed by atoms with Crippen molar-refractivity contribution >= 4 is 35.3 Å². The van der Waals surface area contributed by atoms with E-state index < -0.39 is 0 Å². The van der Waals surface area contributed by atoms with Gasteiger partial charge in [0.25, 0.3) is 0 Å². The van der Waals surface area contributed by atoms with Crippen molar-refractivity contribution in [2.75, 3.05) is 13.7 Å². The number of para-hydroxylation sites is 2. The van der Waals surface area contributed by atoms with Gasteiger partial charge in [-0.2, -0.15) is 0 Å². The molecule has 0 spiro atoms. The van der Waals surface area contributed by atoms with Crippen LogP contribution in [0.3, 0.4) is 0 Å². The first-order valence-corrected chi connectivity index (χ1v) is 13.0. The zero-order valence-corrected chi connectivity index (χ0v) is 21.4. The van der Waals surface area contributed by atoms with Crippen molar-refractivity contribution < 1.29 is 9.47 Å². The van der Waals surface area contributed by atoms with Gasteiger partial charge in [-0.1, -0.05) is 99.7 Å². The van der Waals surface area contributed by atoms with E-state index in [0.717, 1.165) is 58.1 Å². The monoisotopic (exact) mass is 480 g/mol. The van der Waals surface area contributed by atoms with E-state index in [1.807, 2.05) is 42.5 Å². The first-order chi connectivity index (χ1) is 17.7. The molecule has 0 saturated carbocycles. The maximum absolute atomic E-state index is 5.98. The number of nitrogens with one attached hydrogen (secondary N) is 1. The molecule has 4 rings (SSSR count). The summed E-state index contributed by atoms with van der Waals surface area (Å²) in [7, 11) is 1.69. The van der Waals surface area contributed by atoms with Crippen molar-refractivity contribution in [3.05, 3.63) is 89.2 Å². The average molecular weight is 481 g/mol. The van der Waals surface area contributed by atoms with Gasteiger partial charge in [-0.05, 0) is 53.5 Å². The van der Waals surface area contributed by atoms with Crippen LogP contribution in [0.1, 0.15) is 68.0 Å². The van der Waals surface area contributed by atoms with Crippen LogP contribution in [0.25, 0.3) is 35.3 Å². The molecule has 0 bridgehead atoms. The van der Waals surface area contributed by atoms with Gasteiger partial charge in [-0.25, -0.2) is 4.98 Å². The van der Waals surface area contributed by atoms with Crippen LogP contribution in [0.4, 0.5) is 0 Å². The molecule has 1 aromatic heterocycles. The van der Waals surface area contributed by atoms with Crippen LogP contribution in [0.2, 0.25) is 0 Å². The SMILES string of the molecule is CCCCCCCCOc1ccc(C=Cc2ccc(C=Cc3nc4ccccc4[nH]3)cc2)cc1OC. The summed E-state index contributed by atoms with van der Waals surface area (Å²) in [4.78, 5) is 7.91. The minimum Gasteiger partial charge on any atom is -0.493 e. The minimum atomic E-state index is 0.731. The number of rotatable bonds is 13. The molecule has 4 heteroatoms. The van der Waals surface area contributed by atoms with Gasteiger partial charge in [0.05, 0.1) is 24.8 Å². The molecular formula is C32H36N2O2. The van der Waals surface area contributed by atoms with Crippen LogP contribution in [0, 0.1) is 0 Å². The third-order valence-electron chi connectivity index (χ3n) is 6.19. The standard InChI is InChI=1S/C32H36N2O2/c1-3-4-5-6-7-10-23-36-30-21-19-27(24-31(30)35-2)18-17-25-13-15-26(16-14-25)20-22-32-33-28-11-8-9-12-29(28)34-32/h8-9,11-22,24H,3-7,10,23H2,1-2H3,(H,33,34). The summed E-state index contributed by atoms with van der Waals surface area (Å²) in [5.74, 6) is 2.44. The van der Waals surface area contributed by atoms with E-state index in [-0.39, 0.29) is 0 Å². The number of methoxy groups -OCH3 is 1. The normalized spacial score (nSPS) is 11.6. The summed E-state index contributed by atoms with van der Waals surface area (Å²) in [6.45, 7) is 2.98. The molecule has 0 radical (unpaired) electrons. The number of hydrogen-bond acceptors (Lipinski definition) is 3. The molecular weight excluding hydrogens is 444 g/mol.